The molecule has 5 heteroatoms. The Balaban J connectivity index is 1.36. The van der Waals surface area contributed by atoms with Crippen molar-refractivity contribution >= 4 is 11.6 Å². The van der Waals surface area contributed by atoms with Gasteiger partial charge in [0.2, 0.25) is 0 Å². The average molecular weight is 366 g/mol. The number of carbonyl (C=O) groups is 1. The largest absolute Gasteiger partial charge is 0.490 e. The van der Waals surface area contributed by atoms with Gasteiger partial charge < -0.3 is 15.2 Å². The first-order chi connectivity index (χ1) is 13.1. The number of anilines is 1. The lowest BCUT2D eigenvalue weighted by Gasteiger charge is -2.29. The van der Waals surface area contributed by atoms with Crippen LogP contribution in [0.4, 0.5) is 5.69 Å². The highest BCUT2D eigenvalue weighted by atomic mass is 16.5. The van der Waals surface area contributed by atoms with Gasteiger partial charge in [0.15, 0.2) is 0 Å². The predicted octanol–water partition coefficient (Wildman–Crippen LogP) is 3.22. The summed E-state index contributed by atoms with van der Waals surface area (Å²) in [5.74, 6) is 0.810. The molecule has 1 amide bonds. The van der Waals surface area contributed by atoms with Crippen LogP contribution in [0.25, 0.3) is 0 Å². The Bertz CT molecular complexity index is 811. The van der Waals surface area contributed by atoms with E-state index in [9.17, 15) is 9.90 Å². The average Bonchev–Trinajstić information content (AvgIpc) is 3.03. The van der Waals surface area contributed by atoms with Crippen molar-refractivity contribution in [1.29, 1.82) is 0 Å². The number of fused-ring (bicyclic) bond motifs is 1. The molecule has 1 fully saturated rings. The molecule has 4 rings (SSSR count). The molecule has 142 valence electrons. The second kappa shape index (κ2) is 7.71. The van der Waals surface area contributed by atoms with Gasteiger partial charge in [0.25, 0.3) is 5.91 Å². The highest BCUT2D eigenvalue weighted by Crippen LogP contribution is 2.31. The van der Waals surface area contributed by atoms with Crippen LogP contribution in [-0.4, -0.2) is 41.2 Å². The molecule has 2 aromatic rings. The van der Waals surface area contributed by atoms with Crippen LogP contribution in [-0.2, 0) is 13.0 Å². The molecule has 0 bridgehead atoms. The molecule has 2 aromatic carbocycles. The van der Waals surface area contributed by atoms with Gasteiger partial charge in [-0.3, -0.25) is 9.69 Å². The third-order valence-electron chi connectivity index (χ3n) is 5.33. The predicted molar refractivity (Wildman–Crippen MR) is 105 cm³/mol. The second-order valence-corrected chi connectivity index (χ2v) is 7.61. The van der Waals surface area contributed by atoms with Crippen molar-refractivity contribution in [2.24, 2.45) is 0 Å². The van der Waals surface area contributed by atoms with Crippen LogP contribution in [0, 0.1) is 0 Å². The number of hydrogen-bond acceptors (Lipinski definition) is 4. The van der Waals surface area contributed by atoms with Crippen molar-refractivity contribution < 1.29 is 14.6 Å². The van der Waals surface area contributed by atoms with Crippen LogP contribution in [0.1, 0.15) is 41.3 Å². The first-order valence-electron chi connectivity index (χ1n) is 9.67. The summed E-state index contributed by atoms with van der Waals surface area (Å²) in [6.07, 6.45) is 2.60. The number of carbonyl (C=O) groups excluding carboxylic acids is 1. The second-order valence-electron chi connectivity index (χ2n) is 7.61. The van der Waals surface area contributed by atoms with Crippen LogP contribution in [0.15, 0.2) is 42.5 Å². The summed E-state index contributed by atoms with van der Waals surface area (Å²) < 4.78 is 5.70. The molecule has 0 aliphatic carbocycles. The quantitative estimate of drug-likeness (QED) is 0.872. The first-order valence-corrected chi connectivity index (χ1v) is 9.67. The van der Waals surface area contributed by atoms with E-state index in [1.807, 2.05) is 49.4 Å². The number of likely N-dealkylation sites (tertiary alicyclic amines) is 1. The van der Waals surface area contributed by atoms with E-state index < -0.39 is 0 Å². The van der Waals surface area contributed by atoms with Gasteiger partial charge in [0.05, 0.1) is 6.10 Å². The normalized spacial score (nSPS) is 20.1. The minimum atomic E-state index is -0.152. The highest BCUT2D eigenvalue weighted by molar-refractivity contribution is 6.04. The fraction of sp³-hybridized carbons (Fsp3) is 0.409. The van der Waals surface area contributed by atoms with Gasteiger partial charge in [0, 0.05) is 37.3 Å². The van der Waals surface area contributed by atoms with Crippen LogP contribution in [0.3, 0.4) is 0 Å². The Morgan fingerprint density at radius 3 is 2.67 bits per heavy atom. The molecule has 2 aliphatic rings. The van der Waals surface area contributed by atoms with Gasteiger partial charge in [-0.2, -0.15) is 0 Å². The minimum absolute atomic E-state index is 0.102. The number of aliphatic hydroxyl groups excluding tert-OH is 1. The fourth-order valence-corrected chi connectivity index (χ4v) is 3.80. The van der Waals surface area contributed by atoms with Gasteiger partial charge in [0.1, 0.15) is 11.9 Å². The Hall–Kier alpha value is -2.37. The van der Waals surface area contributed by atoms with Gasteiger partial charge in [-0.05, 0) is 61.2 Å². The lowest BCUT2D eigenvalue weighted by atomic mass is 10.1. The Labute approximate surface area is 160 Å². The molecule has 27 heavy (non-hydrogen) atoms. The van der Waals surface area contributed by atoms with E-state index in [0.29, 0.717) is 5.56 Å². The van der Waals surface area contributed by atoms with E-state index in [0.717, 1.165) is 55.9 Å². The molecule has 0 radical (unpaired) electrons. The number of nitrogens with zero attached hydrogens (tertiary/aromatic N) is 1. The van der Waals surface area contributed by atoms with Crippen molar-refractivity contribution in [3.05, 3.63) is 59.2 Å². The molecular formula is C22H26N2O3. The van der Waals surface area contributed by atoms with Crippen LogP contribution in [0.5, 0.6) is 5.75 Å². The summed E-state index contributed by atoms with van der Waals surface area (Å²) in [4.78, 5) is 14.9. The summed E-state index contributed by atoms with van der Waals surface area (Å²) in [7, 11) is 0. The summed E-state index contributed by atoms with van der Waals surface area (Å²) in [6, 6.07) is 13.6. The number of benzene rings is 2. The minimum Gasteiger partial charge on any atom is -0.490 e. The third-order valence-corrected chi connectivity index (χ3v) is 5.33. The van der Waals surface area contributed by atoms with Crippen molar-refractivity contribution in [1.82, 2.24) is 4.90 Å². The van der Waals surface area contributed by atoms with Crippen LogP contribution < -0.4 is 10.1 Å². The Morgan fingerprint density at radius 2 is 1.93 bits per heavy atom. The van der Waals surface area contributed by atoms with Gasteiger partial charge >= 0.3 is 0 Å². The van der Waals surface area contributed by atoms with Crippen molar-refractivity contribution in [3.8, 4) is 5.75 Å². The molecule has 2 N–H and O–H groups in total. The maximum absolute atomic E-state index is 12.5. The van der Waals surface area contributed by atoms with Gasteiger partial charge in [-0.25, -0.2) is 0 Å². The molecule has 0 unspecified atom stereocenters. The van der Waals surface area contributed by atoms with E-state index in [1.165, 1.54) is 5.56 Å². The smallest absolute Gasteiger partial charge is 0.255 e. The third kappa shape index (κ3) is 4.31. The maximum atomic E-state index is 12.5. The maximum Gasteiger partial charge on any atom is 0.255 e. The molecule has 1 atom stereocenters. The van der Waals surface area contributed by atoms with E-state index in [4.69, 9.17) is 4.74 Å². The topological polar surface area (TPSA) is 61.8 Å². The summed E-state index contributed by atoms with van der Waals surface area (Å²) >= 11 is 0. The summed E-state index contributed by atoms with van der Waals surface area (Å²) in [5, 5.41) is 12.6. The van der Waals surface area contributed by atoms with E-state index in [-0.39, 0.29) is 18.1 Å². The van der Waals surface area contributed by atoms with Gasteiger partial charge in [-0.15, -0.1) is 0 Å². The zero-order valence-corrected chi connectivity index (χ0v) is 15.6. The van der Waals surface area contributed by atoms with Gasteiger partial charge in [-0.1, -0.05) is 12.1 Å². The molecule has 1 saturated heterocycles. The number of ether oxygens (including phenoxy) is 1. The van der Waals surface area contributed by atoms with Crippen molar-refractivity contribution in [2.75, 3.05) is 18.4 Å². The van der Waals surface area contributed by atoms with E-state index >= 15 is 0 Å². The van der Waals surface area contributed by atoms with Crippen molar-refractivity contribution in [2.45, 2.75) is 44.9 Å². The molecule has 2 heterocycles. The molecule has 0 saturated carbocycles. The number of piperidine rings is 1. The summed E-state index contributed by atoms with van der Waals surface area (Å²) in [5.41, 5.74) is 3.78. The van der Waals surface area contributed by atoms with E-state index in [2.05, 4.69) is 10.2 Å². The highest BCUT2D eigenvalue weighted by Gasteiger charge is 2.20. The molecule has 0 spiro atoms. The Kier molecular flexibility index (Phi) is 5.14. The van der Waals surface area contributed by atoms with Crippen molar-refractivity contribution in [3.63, 3.8) is 0 Å². The number of nitrogens with one attached hydrogen (secondary N) is 1. The van der Waals surface area contributed by atoms with Crippen LogP contribution >= 0.6 is 0 Å². The molecular weight excluding hydrogens is 340 g/mol. The SMILES string of the molecule is C[C@@H]1Cc2cc(NC(=O)c3ccc(CN4CCC(O)CC4)cc3)ccc2O1. The van der Waals surface area contributed by atoms with Crippen LogP contribution in [0.2, 0.25) is 0 Å². The number of amides is 1. The lowest BCUT2D eigenvalue weighted by molar-refractivity contribution is 0.0792. The zero-order chi connectivity index (χ0) is 18.8. The van der Waals surface area contributed by atoms with E-state index in [1.54, 1.807) is 0 Å². The summed E-state index contributed by atoms with van der Waals surface area (Å²) in [6.45, 7) is 4.75. The standard InChI is InChI=1S/C22H26N2O3/c1-15-12-18-13-19(6-7-21(18)27-15)23-22(26)17-4-2-16(3-5-17)14-24-10-8-20(25)9-11-24/h2-7,13,15,20,25H,8-12,14H2,1H3,(H,23,26)/t15-/m1/s1. The number of rotatable bonds is 4. The molecule has 0 aromatic heterocycles. The fourth-order valence-electron chi connectivity index (χ4n) is 3.80. The number of aliphatic hydroxyl groups is 1. The lowest BCUT2D eigenvalue weighted by Crippen LogP contribution is -2.35. The Morgan fingerprint density at radius 1 is 1.19 bits per heavy atom. The monoisotopic (exact) mass is 366 g/mol. The molecule has 5 nitrogen and oxygen atoms in total. The first kappa shape index (κ1) is 18.0. The molecule has 2 aliphatic heterocycles. The number of hydrogen-bond donors (Lipinski definition) is 2. The zero-order valence-electron chi connectivity index (χ0n) is 15.6.